The van der Waals surface area contributed by atoms with Crippen LogP contribution in [-0.2, 0) is 26.2 Å². The SMILES string of the molecule is COc1cc(Br)cc([C@H]2C3=CC[C@@H]4C(=O)N(c5ccc(Br)cc5)C(=O)[C@@H]4[C@@H]3C[C@H]3C(=O)N(c4cc(-c5sc6ccc(Cl)cc6c5C)nn4C)C(=O)[C@@]23C)c1O. The van der Waals surface area contributed by atoms with Crippen LogP contribution in [0.4, 0.5) is 11.5 Å². The highest BCUT2D eigenvalue weighted by molar-refractivity contribution is 9.10. The fraction of sp³-hybridized carbons (Fsp3) is 0.293. The topological polar surface area (TPSA) is 122 Å². The molecule has 2 aliphatic heterocycles. The lowest BCUT2D eigenvalue weighted by molar-refractivity contribution is -0.131. The third kappa shape index (κ3) is 5.18. The summed E-state index contributed by atoms with van der Waals surface area (Å²) in [5.74, 6) is -4.83. The average Bonchev–Trinajstić information content (AvgIpc) is 3.83. The number of phenolic OH excluding ortho intramolecular Hbond substituents is 1. The van der Waals surface area contributed by atoms with Gasteiger partial charge >= 0.3 is 0 Å². The zero-order valence-electron chi connectivity index (χ0n) is 30.0. The van der Waals surface area contributed by atoms with Crippen molar-refractivity contribution in [3.8, 4) is 22.1 Å². The molecule has 14 heteroatoms. The maximum atomic E-state index is 15.2. The summed E-state index contributed by atoms with van der Waals surface area (Å²) in [5, 5.41) is 18.2. The molecular weight excluding hydrogens is 872 g/mol. The van der Waals surface area contributed by atoms with Crippen molar-refractivity contribution in [3.05, 3.63) is 97.4 Å². The highest BCUT2D eigenvalue weighted by Crippen LogP contribution is 2.65. The van der Waals surface area contributed by atoms with Crippen molar-refractivity contribution in [2.75, 3.05) is 16.9 Å². The van der Waals surface area contributed by atoms with Crippen LogP contribution in [0.1, 0.15) is 36.8 Å². The van der Waals surface area contributed by atoms with Gasteiger partial charge in [0.1, 0.15) is 11.5 Å². The molecular formula is C41H33Br2ClN4O6S. The number of hydrogen-bond acceptors (Lipinski definition) is 8. The molecule has 5 aromatic rings. The molecule has 0 bridgehead atoms. The van der Waals surface area contributed by atoms with Crippen LogP contribution in [0.25, 0.3) is 20.7 Å². The molecule has 1 saturated carbocycles. The Hall–Kier alpha value is -4.30. The number of allylic oxidation sites excluding steroid dienone is 2. The number of halogens is 3. The largest absolute Gasteiger partial charge is 0.504 e. The molecule has 3 aromatic carbocycles. The molecule has 10 nitrogen and oxygen atoms in total. The highest BCUT2D eigenvalue weighted by Gasteiger charge is 2.68. The molecule has 2 aromatic heterocycles. The van der Waals surface area contributed by atoms with Gasteiger partial charge in [-0.3, -0.25) is 28.8 Å². The van der Waals surface area contributed by atoms with E-state index in [1.165, 1.54) is 16.9 Å². The molecule has 0 spiro atoms. The highest BCUT2D eigenvalue weighted by atomic mass is 79.9. The zero-order valence-corrected chi connectivity index (χ0v) is 34.7. The number of methoxy groups -OCH3 is 1. The summed E-state index contributed by atoms with van der Waals surface area (Å²) in [5.41, 5.74) is 1.83. The van der Waals surface area contributed by atoms with Crippen LogP contribution in [0.5, 0.6) is 11.5 Å². The van der Waals surface area contributed by atoms with Crippen molar-refractivity contribution < 1.29 is 29.0 Å². The lowest BCUT2D eigenvalue weighted by atomic mass is 9.51. The number of thiophene rings is 1. The summed E-state index contributed by atoms with van der Waals surface area (Å²) in [4.78, 5) is 62.0. The van der Waals surface area contributed by atoms with Gasteiger partial charge in [-0.15, -0.1) is 11.3 Å². The van der Waals surface area contributed by atoms with E-state index >= 15 is 4.79 Å². The number of rotatable bonds is 5. The molecule has 280 valence electrons. The fourth-order valence-corrected chi connectivity index (χ4v) is 11.6. The van der Waals surface area contributed by atoms with Crippen LogP contribution >= 0.6 is 54.8 Å². The average molecular weight is 905 g/mol. The summed E-state index contributed by atoms with van der Waals surface area (Å²) >= 11 is 14.9. The van der Waals surface area contributed by atoms with E-state index in [1.807, 2.05) is 31.2 Å². The Morgan fingerprint density at radius 1 is 0.945 bits per heavy atom. The normalized spacial score (nSPS) is 26.1. The van der Waals surface area contributed by atoms with Gasteiger partial charge in [-0.05, 0) is 98.2 Å². The number of aromatic nitrogens is 2. The predicted molar refractivity (Wildman–Crippen MR) is 217 cm³/mol. The Labute approximate surface area is 341 Å². The van der Waals surface area contributed by atoms with Crippen molar-refractivity contribution in [1.82, 2.24) is 9.78 Å². The van der Waals surface area contributed by atoms with Crippen molar-refractivity contribution in [1.29, 1.82) is 0 Å². The van der Waals surface area contributed by atoms with E-state index in [0.29, 0.717) is 32.3 Å². The summed E-state index contributed by atoms with van der Waals surface area (Å²) in [6.45, 7) is 3.78. The number of imide groups is 2. The molecule has 0 unspecified atom stereocenters. The van der Waals surface area contributed by atoms with Crippen molar-refractivity contribution in [3.63, 3.8) is 0 Å². The summed E-state index contributed by atoms with van der Waals surface area (Å²) in [7, 11) is 3.15. The molecule has 4 amide bonds. The minimum atomic E-state index is -1.39. The third-order valence-corrected chi connectivity index (χ3v) is 14.7. The Kier molecular flexibility index (Phi) is 8.50. The van der Waals surface area contributed by atoms with Gasteiger partial charge in [-0.25, -0.2) is 4.90 Å². The summed E-state index contributed by atoms with van der Waals surface area (Å²) in [6.07, 6.45) is 2.40. The van der Waals surface area contributed by atoms with E-state index in [1.54, 1.807) is 72.5 Å². The van der Waals surface area contributed by atoms with Gasteiger partial charge in [-0.1, -0.05) is 55.1 Å². The van der Waals surface area contributed by atoms with Gasteiger partial charge in [0.25, 0.3) is 0 Å². The number of ether oxygens (including phenoxy) is 1. The number of aryl methyl sites for hydroxylation is 2. The summed E-state index contributed by atoms with van der Waals surface area (Å²) < 4.78 is 9.56. The minimum absolute atomic E-state index is 0.161. The molecule has 4 heterocycles. The second-order valence-corrected chi connectivity index (χ2v) is 18.2. The first-order chi connectivity index (χ1) is 26.2. The van der Waals surface area contributed by atoms with E-state index in [0.717, 1.165) is 30.6 Å². The second-order valence-electron chi connectivity index (χ2n) is 14.9. The standard InChI is InChI=1S/C41H33Br2ClN4O6S/c1-18-25-15-21(44)7-12-31(25)55-36(18)29-17-32(46(3)45-29)48-38(51)28-16-26-23(34(41(28,2)40(48)53)27-13-20(43)14-30(54-4)35(27)49)10-11-24-33(26)39(52)47(37(24)50)22-8-5-19(42)6-9-22/h5-10,12-15,17,24,26,28,33-34,49H,11,16H2,1-4H3/t24-,26+,28-,33-,34+,41+/m0/s1. The van der Waals surface area contributed by atoms with Gasteiger partial charge < -0.3 is 9.84 Å². The maximum Gasteiger partial charge on any atom is 0.242 e. The molecule has 3 fully saturated rings. The van der Waals surface area contributed by atoms with E-state index in [-0.39, 0.29) is 36.2 Å². The number of anilines is 2. The third-order valence-electron chi connectivity index (χ3n) is 12.2. The number of hydrogen-bond donors (Lipinski definition) is 1. The van der Waals surface area contributed by atoms with E-state index in [4.69, 9.17) is 21.4 Å². The molecule has 9 rings (SSSR count). The quantitative estimate of drug-likeness (QED) is 0.138. The molecule has 2 saturated heterocycles. The van der Waals surface area contributed by atoms with Crippen molar-refractivity contribution in [2.24, 2.45) is 36.1 Å². The van der Waals surface area contributed by atoms with E-state index in [2.05, 4.69) is 31.9 Å². The number of benzene rings is 3. The van der Waals surface area contributed by atoms with Crippen molar-refractivity contribution in [2.45, 2.75) is 32.6 Å². The van der Waals surface area contributed by atoms with Crippen LogP contribution in [0.15, 0.2) is 81.3 Å². The number of aromatic hydroxyl groups is 1. The Bertz CT molecular complexity index is 2570. The Morgan fingerprint density at radius 2 is 1.69 bits per heavy atom. The number of carbonyl (C=O) groups is 4. The Morgan fingerprint density at radius 3 is 2.42 bits per heavy atom. The molecule has 55 heavy (non-hydrogen) atoms. The minimum Gasteiger partial charge on any atom is -0.504 e. The van der Waals surface area contributed by atoms with Crippen LogP contribution in [0.2, 0.25) is 5.02 Å². The molecule has 4 aliphatic rings. The zero-order chi connectivity index (χ0) is 38.8. The van der Waals surface area contributed by atoms with Gasteiger partial charge in [0.2, 0.25) is 23.6 Å². The first-order valence-electron chi connectivity index (χ1n) is 17.8. The predicted octanol–water partition coefficient (Wildman–Crippen LogP) is 8.94. The van der Waals surface area contributed by atoms with Gasteiger partial charge in [-0.2, -0.15) is 5.10 Å². The van der Waals surface area contributed by atoms with Crippen LogP contribution in [-0.4, -0.2) is 45.6 Å². The van der Waals surface area contributed by atoms with Gasteiger partial charge in [0.05, 0.1) is 40.8 Å². The maximum absolute atomic E-state index is 15.2. The van der Waals surface area contributed by atoms with Crippen LogP contribution in [0.3, 0.4) is 0 Å². The Balaban J connectivity index is 1.18. The molecule has 2 aliphatic carbocycles. The fourth-order valence-electron chi connectivity index (χ4n) is 9.61. The van der Waals surface area contributed by atoms with Crippen LogP contribution < -0.4 is 14.5 Å². The summed E-state index contributed by atoms with van der Waals surface area (Å²) in [6, 6.07) is 17.9. The number of amides is 4. The first kappa shape index (κ1) is 36.3. The van der Waals surface area contributed by atoms with Gasteiger partial charge in [0.15, 0.2) is 11.5 Å². The smallest absolute Gasteiger partial charge is 0.242 e. The number of nitrogens with zero attached hydrogens (tertiary/aromatic N) is 4. The van der Waals surface area contributed by atoms with E-state index < -0.39 is 46.8 Å². The lowest BCUT2D eigenvalue weighted by Crippen LogP contribution is -2.49. The van der Waals surface area contributed by atoms with E-state index in [9.17, 15) is 19.5 Å². The lowest BCUT2D eigenvalue weighted by Gasteiger charge is -2.49. The van der Waals surface area contributed by atoms with Gasteiger partial charge in [0, 0.05) is 43.3 Å². The number of fused-ring (bicyclic) bond motifs is 5. The molecule has 1 N–H and O–H groups in total. The monoisotopic (exact) mass is 902 g/mol. The van der Waals surface area contributed by atoms with Crippen molar-refractivity contribution >= 4 is 100 Å². The second kappa shape index (κ2) is 12.9. The molecule has 6 atom stereocenters. The first-order valence-corrected chi connectivity index (χ1v) is 20.5. The number of phenols is 1. The number of carbonyl (C=O) groups excluding carboxylic acids is 4. The molecule has 0 radical (unpaired) electrons. The van der Waals surface area contributed by atoms with Crippen LogP contribution in [0, 0.1) is 36.0 Å².